The molecule has 21 heavy (non-hydrogen) atoms. The molecule has 0 fully saturated rings. The van der Waals surface area contributed by atoms with E-state index >= 15 is 0 Å². The highest BCUT2D eigenvalue weighted by Crippen LogP contribution is 2.19. The van der Waals surface area contributed by atoms with Crippen LogP contribution in [0, 0.1) is 11.8 Å². The minimum atomic E-state index is -1.50. The summed E-state index contributed by atoms with van der Waals surface area (Å²) in [6.07, 6.45) is -0.257. The van der Waals surface area contributed by atoms with Crippen molar-refractivity contribution in [3.8, 4) is 0 Å². The topological polar surface area (TPSA) is 152 Å². The fourth-order valence-electron chi connectivity index (χ4n) is 1.98. The van der Waals surface area contributed by atoms with Crippen molar-refractivity contribution in [2.24, 2.45) is 11.8 Å². The number of rotatable bonds is 12. The molecule has 0 rings (SSSR count). The molecule has 0 aromatic rings. The molecule has 8 nitrogen and oxygen atoms in total. The van der Waals surface area contributed by atoms with Crippen LogP contribution in [0.15, 0.2) is 0 Å². The van der Waals surface area contributed by atoms with Gasteiger partial charge in [-0.3, -0.25) is 9.59 Å². The number of carboxylic acids is 3. The van der Waals surface area contributed by atoms with E-state index in [0.29, 0.717) is 6.42 Å². The number of aliphatic hydroxyl groups excluding tert-OH is 2. The summed E-state index contributed by atoms with van der Waals surface area (Å²) >= 11 is 0. The molecule has 8 heteroatoms. The molecule has 0 amide bonds. The third-order valence-corrected chi connectivity index (χ3v) is 3.34. The van der Waals surface area contributed by atoms with E-state index in [1.807, 2.05) is 0 Å². The lowest BCUT2D eigenvalue weighted by Crippen LogP contribution is -2.21. The second-order valence-corrected chi connectivity index (χ2v) is 4.97. The molecule has 122 valence electrons. The van der Waals surface area contributed by atoms with Crippen molar-refractivity contribution in [1.82, 2.24) is 0 Å². The Labute approximate surface area is 122 Å². The van der Waals surface area contributed by atoms with E-state index in [4.69, 9.17) is 25.5 Å². The van der Waals surface area contributed by atoms with Crippen LogP contribution in [0.3, 0.4) is 0 Å². The largest absolute Gasteiger partial charge is 0.481 e. The molecule has 0 spiro atoms. The quantitative estimate of drug-likeness (QED) is 0.342. The Morgan fingerprint density at radius 3 is 1.52 bits per heavy atom. The first-order valence-corrected chi connectivity index (χ1v) is 6.76. The van der Waals surface area contributed by atoms with Gasteiger partial charge in [0.25, 0.3) is 0 Å². The molecule has 3 atom stereocenters. The van der Waals surface area contributed by atoms with E-state index in [9.17, 15) is 14.4 Å². The minimum Gasteiger partial charge on any atom is -0.481 e. The number of hydrogen-bond donors (Lipinski definition) is 5. The van der Waals surface area contributed by atoms with E-state index < -0.39 is 42.5 Å². The lowest BCUT2D eigenvalue weighted by Gasteiger charge is -2.14. The Hall–Kier alpha value is -1.67. The van der Waals surface area contributed by atoms with Gasteiger partial charge in [0.05, 0.1) is 18.4 Å². The Kier molecular flexibility index (Phi) is 9.31. The average Bonchev–Trinajstić information content (AvgIpc) is 2.40. The predicted molar refractivity (Wildman–Crippen MR) is 70.7 cm³/mol. The number of aliphatic carboxylic acids is 3. The van der Waals surface area contributed by atoms with Crippen LogP contribution in [0.1, 0.15) is 38.5 Å². The van der Waals surface area contributed by atoms with Crippen LogP contribution >= 0.6 is 0 Å². The number of carboxylic acid groups (broad SMARTS) is 3. The first-order chi connectivity index (χ1) is 9.79. The molecule has 0 heterocycles. The Balaban J connectivity index is 4.11. The normalized spacial score (nSPS) is 15.1. The smallest absolute Gasteiger partial charge is 0.332 e. The summed E-state index contributed by atoms with van der Waals surface area (Å²) in [6, 6.07) is 0. The molecule has 2 unspecified atom stereocenters. The third-order valence-electron chi connectivity index (χ3n) is 3.34. The molecule has 0 aliphatic carbocycles. The Morgan fingerprint density at radius 2 is 1.14 bits per heavy atom. The molecular weight excluding hydrogens is 284 g/mol. The van der Waals surface area contributed by atoms with Crippen LogP contribution in [0.4, 0.5) is 0 Å². The van der Waals surface area contributed by atoms with E-state index in [2.05, 4.69) is 0 Å². The zero-order valence-electron chi connectivity index (χ0n) is 11.6. The molecule has 0 radical (unpaired) electrons. The van der Waals surface area contributed by atoms with Crippen LogP contribution in [0.5, 0.6) is 0 Å². The van der Waals surface area contributed by atoms with Crippen LogP contribution in [-0.2, 0) is 14.4 Å². The maximum absolute atomic E-state index is 11.0. The minimum absolute atomic E-state index is 0.0203. The van der Waals surface area contributed by atoms with Gasteiger partial charge in [0.2, 0.25) is 0 Å². The van der Waals surface area contributed by atoms with Crippen molar-refractivity contribution in [2.75, 3.05) is 6.61 Å². The number of hydrogen-bond acceptors (Lipinski definition) is 5. The van der Waals surface area contributed by atoms with Crippen molar-refractivity contribution < 1.29 is 39.9 Å². The standard InChI is InChI=1S/C13H22O8/c14-7-9(12(18)19)5-1-3-8(11(16)17)4-2-6-10(15)13(20)21/h8-10,14-15H,1-7H2,(H,16,17)(H,18,19)(H,20,21)/t8?,9?,10-/m0/s1. The predicted octanol–water partition coefficient (Wildman–Crippen LogP) is 0.166. The van der Waals surface area contributed by atoms with Gasteiger partial charge >= 0.3 is 17.9 Å². The summed E-state index contributed by atoms with van der Waals surface area (Å²) in [7, 11) is 0. The monoisotopic (exact) mass is 306 g/mol. The highest BCUT2D eigenvalue weighted by atomic mass is 16.4. The molecule has 0 bridgehead atoms. The van der Waals surface area contributed by atoms with Gasteiger partial charge in [-0.1, -0.05) is 6.42 Å². The van der Waals surface area contributed by atoms with E-state index in [0.717, 1.165) is 0 Å². The second-order valence-electron chi connectivity index (χ2n) is 4.97. The summed E-state index contributed by atoms with van der Waals surface area (Å²) < 4.78 is 0. The van der Waals surface area contributed by atoms with Crippen molar-refractivity contribution in [1.29, 1.82) is 0 Å². The van der Waals surface area contributed by atoms with Crippen molar-refractivity contribution >= 4 is 17.9 Å². The van der Waals surface area contributed by atoms with Crippen LogP contribution < -0.4 is 0 Å². The third kappa shape index (κ3) is 8.26. The van der Waals surface area contributed by atoms with Crippen molar-refractivity contribution in [3.63, 3.8) is 0 Å². The lowest BCUT2D eigenvalue weighted by atomic mass is 9.92. The van der Waals surface area contributed by atoms with Gasteiger partial charge < -0.3 is 25.5 Å². The maximum atomic E-state index is 11.0. The van der Waals surface area contributed by atoms with E-state index in [-0.39, 0.29) is 32.1 Å². The first-order valence-electron chi connectivity index (χ1n) is 6.76. The van der Waals surface area contributed by atoms with E-state index in [1.165, 1.54) is 0 Å². The number of carbonyl (C=O) groups is 3. The second kappa shape index (κ2) is 10.1. The fourth-order valence-corrected chi connectivity index (χ4v) is 1.98. The van der Waals surface area contributed by atoms with Gasteiger partial charge in [-0.05, 0) is 32.1 Å². The summed E-state index contributed by atoms with van der Waals surface area (Å²) in [5.74, 6) is -5.09. The Bertz CT molecular complexity index is 354. The highest BCUT2D eigenvalue weighted by molar-refractivity contribution is 5.72. The first kappa shape index (κ1) is 19.3. The molecule has 0 saturated heterocycles. The van der Waals surface area contributed by atoms with Gasteiger partial charge in [0, 0.05) is 0 Å². The zero-order chi connectivity index (χ0) is 16.4. The molecular formula is C13H22O8. The maximum Gasteiger partial charge on any atom is 0.332 e. The van der Waals surface area contributed by atoms with Crippen LogP contribution in [0.25, 0.3) is 0 Å². The van der Waals surface area contributed by atoms with E-state index in [1.54, 1.807) is 0 Å². The fraction of sp³-hybridized carbons (Fsp3) is 0.769. The summed E-state index contributed by atoms with van der Waals surface area (Å²) in [5, 5.41) is 44.2. The molecule has 0 aromatic heterocycles. The highest BCUT2D eigenvalue weighted by Gasteiger charge is 2.21. The van der Waals surface area contributed by atoms with Gasteiger partial charge in [-0.15, -0.1) is 0 Å². The molecule has 0 aromatic carbocycles. The number of aliphatic hydroxyl groups is 2. The molecule has 5 N–H and O–H groups in total. The lowest BCUT2D eigenvalue weighted by molar-refractivity contribution is -0.147. The van der Waals surface area contributed by atoms with Gasteiger partial charge in [0.15, 0.2) is 6.10 Å². The van der Waals surface area contributed by atoms with Crippen LogP contribution in [-0.4, -0.2) is 56.2 Å². The molecule has 0 aliphatic heterocycles. The van der Waals surface area contributed by atoms with Crippen molar-refractivity contribution in [2.45, 2.75) is 44.6 Å². The zero-order valence-corrected chi connectivity index (χ0v) is 11.6. The van der Waals surface area contributed by atoms with Crippen LogP contribution in [0.2, 0.25) is 0 Å². The molecule has 0 saturated carbocycles. The molecule has 0 aliphatic rings. The summed E-state index contributed by atoms with van der Waals surface area (Å²) in [4.78, 5) is 32.1. The van der Waals surface area contributed by atoms with Gasteiger partial charge in [0.1, 0.15) is 0 Å². The summed E-state index contributed by atoms with van der Waals surface area (Å²) in [5.41, 5.74) is 0. The summed E-state index contributed by atoms with van der Waals surface area (Å²) in [6.45, 7) is -0.488. The Morgan fingerprint density at radius 1 is 0.714 bits per heavy atom. The van der Waals surface area contributed by atoms with Gasteiger partial charge in [-0.25, -0.2) is 4.79 Å². The average molecular weight is 306 g/mol. The van der Waals surface area contributed by atoms with Gasteiger partial charge in [-0.2, -0.15) is 0 Å². The van der Waals surface area contributed by atoms with Crippen molar-refractivity contribution in [3.05, 3.63) is 0 Å². The SMILES string of the molecule is O=C(O)C(CO)CCCC(CCC[C@H](O)C(=O)O)C(=O)O.